The molecule has 0 aliphatic heterocycles. The molecular weight excluding hydrogens is 296 g/mol. The molecule has 1 heterocycles. The van der Waals surface area contributed by atoms with Gasteiger partial charge in [-0.1, -0.05) is 26.0 Å². The highest BCUT2D eigenvalue weighted by atomic mass is 16.5. The first-order chi connectivity index (χ1) is 11.0. The highest BCUT2D eigenvalue weighted by Gasteiger charge is 2.14. The number of ether oxygens (including phenoxy) is 1. The number of rotatable bonds is 5. The zero-order valence-corrected chi connectivity index (χ0v) is 13.0. The van der Waals surface area contributed by atoms with E-state index in [4.69, 9.17) is 9.68 Å². The number of carbonyl (C=O) groups is 1. The SMILES string of the molecule is COC(=O)c1ccc(C=NNc2oc(C(C)C)nc2C#N)cc1. The van der Waals surface area contributed by atoms with Gasteiger partial charge in [-0.25, -0.2) is 15.2 Å². The van der Waals surface area contributed by atoms with Crippen molar-refractivity contribution in [3.05, 3.63) is 47.0 Å². The smallest absolute Gasteiger partial charge is 0.337 e. The molecule has 7 nitrogen and oxygen atoms in total. The topological polar surface area (TPSA) is 101 Å². The van der Waals surface area contributed by atoms with Crippen molar-refractivity contribution >= 4 is 18.1 Å². The molecule has 2 aromatic rings. The van der Waals surface area contributed by atoms with E-state index in [0.717, 1.165) is 5.56 Å². The number of nitriles is 1. The van der Waals surface area contributed by atoms with Gasteiger partial charge in [0.15, 0.2) is 0 Å². The van der Waals surface area contributed by atoms with Crippen molar-refractivity contribution < 1.29 is 13.9 Å². The number of nitrogens with one attached hydrogen (secondary N) is 1. The first kappa shape index (κ1) is 16.2. The molecule has 1 aromatic heterocycles. The molecule has 0 aliphatic carbocycles. The monoisotopic (exact) mass is 312 g/mol. The number of hydrazone groups is 1. The number of benzene rings is 1. The molecule has 0 saturated heterocycles. The largest absolute Gasteiger partial charge is 0.465 e. The molecular formula is C16H16N4O3. The number of hydrogen-bond acceptors (Lipinski definition) is 7. The van der Waals surface area contributed by atoms with Crippen LogP contribution in [0.3, 0.4) is 0 Å². The molecule has 0 bridgehead atoms. The number of esters is 1. The van der Waals surface area contributed by atoms with Gasteiger partial charge in [0.2, 0.25) is 11.6 Å². The van der Waals surface area contributed by atoms with Crippen LogP contribution in [0.15, 0.2) is 33.8 Å². The number of aromatic nitrogens is 1. The number of methoxy groups -OCH3 is 1. The van der Waals surface area contributed by atoms with E-state index < -0.39 is 5.97 Å². The molecule has 23 heavy (non-hydrogen) atoms. The zero-order chi connectivity index (χ0) is 16.8. The summed E-state index contributed by atoms with van der Waals surface area (Å²) in [5, 5.41) is 13.0. The molecule has 0 saturated carbocycles. The van der Waals surface area contributed by atoms with Gasteiger partial charge < -0.3 is 9.15 Å². The normalized spacial score (nSPS) is 10.7. The second-order valence-corrected chi connectivity index (χ2v) is 4.98. The van der Waals surface area contributed by atoms with E-state index in [9.17, 15) is 4.79 Å². The Morgan fingerprint density at radius 3 is 2.70 bits per heavy atom. The van der Waals surface area contributed by atoms with E-state index in [-0.39, 0.29) is 17.5 Å². The van der Waals surface area contributed by atoms with Gasteiger partial charge in [0.25, 0.3) is 5.88 Å². The molecule has 2 rings (SSSR count). The maximum absolute atomic E-state index is 11.3. The Balaban J connectivity index is 2.07. The molecule has 0 amide bonds. The molecule has 0 fully saturated rings. The molecule has 118 valence electrons. The van der Waals surface area contributed by atoms with Crippen molar-refractivity contribution in [1.82, 2.24) is 4.98 Å². The molecule has 1 N–H and O–H groups in total. The average Bonchev–Trinajstić information content (AvgIpc) is 2.98. The van der Waals surface area contributed by atoms with Gasteiger partial charge >= 0.3 is 5.97 Å². The van der Waals surface area contributed by atoms with Crippen molar-refractivity contribution in [2.75, 3.05) is 12.5 Å². The number of oxazole rings is 1. The average molecular weight is 312 g/mol. The van der Waals surface area contributed by atoms with Crippen LogP contribution in [0.4, 0.5) is 5.88 Å². The number of anilines is 1. The zero-order valence-electron chi connectivity index (χ0n) is 13.0. The predicted octanol–water partition coefficient (Wildman–Crippen LogP) is 2.90. The van der Waals surface area contributed by atoms with Crippen LogP contribution in [0.2, 0.25) is 0 Å². The van der Waals surface area contributed by atoms with Crippen LogP contribution in [0.1, 0.15) is 47.3 Å². The quantitative estimate of drug-likeness (QED) is 0.517. The summed E-state index contributed by atoms with van der Waals surface area (Å²) in [7, 11) is 1.33. The number of carbonyl (C=O) groups excluding carboxylic acids is 1. The Hall–Kier alpha value is -3.14. The van der Waals surface area contributed by atoms with Gasteiger partial charge in [-0.2, -0.15) is 10.4 Å². The van der Waals surface area contributed by atoms with Crippen molar-refractivity contribution in [2.45, 2.75) is 19.8 Å². The van der Waals surface area contributed by atoms with Crippen LogP contribution < -0.4 is 5.43 Å². The fourth-order valence-corrected chi connectivity index (χ4v) is 1.72. The Bertz CT molecular complexity index is 755. The van der Waals surface area contributed by atoms with Crippen LogP contribution in [-0.4, -0.2) is 24.3 Å². The second kappa shape index (κ2) is 7.22. The Kier molecular flexibility index (Phi) is 5.10. The lowest BCUT2D eigenvalue weighted by atomic mass is 10.1. The molecule has 1 aromatic carbocycles. The van der Waals surface area contributed by atoms with E-state index >= 15 is 0 Å². The lowest BCUT2D eigenvalue weighted by Crippen LogP contribution is -2.00. The van der Waals surface area contributed by atoms with E-state index in [1.165, 1.54) is 7.11 Å². The summed E-state index contributed by atoms with van der Waals surface area (Å²) in [5.41, 5.74) is 4.05. The van der Waals surface area contributed by atoms with Crippen LogP contribution in [0, 0.1) is 11.3 Å². The second-order valence-electron chi connectivity index (χ2n) is 4.98. The van der Waals surface area contributed by atoms with E-state index in [2.05, 4.69) is 20.2 Å². The van der Waals surface area contributed by atoms with Gasteiger partial charge in [-0.15, -0.1) is 0 Å². The lowest BCUT2D eigenvalue weighted by Gasteiger charge is -1.99. The molecule has 0 spiro atoms. The molecule has 0 unspecified atom stereocenters. The van der Waals surface area contributed by atoms with Crippen molar-refractivity contribution in [3.8, 4) is 6.07 Å². The molecule has 0 radical (unpaired) electrons. The van der Waals surface area contributed by atoms with E-state index in [1.54, 1.807) is 30.5 Å². The minimum absolute atomic E-state index is 0.0764. The fraction of sp³-hybridized carbons (Fsp3) is 0.250. The summed E-state index contributed by atoms with van der Waals surface area (Å²) in [5.74, 6) is 0.362. The minimum Gasteiger partial charge on any atom is -0.465 e. The third kappa shape index (κ3) is 3.95. The number of hydrogen-bond donors (Lipinski definition) is 1. The van der Waals surface area contributed by atoms with Crippen LogP contribution in [0.25, 0.3) is 0 Å². The summed E-state index contributed by atoms with van der Waals surface area (Å²) in [6.45, 7) is 3.84. The summed E-state index contributed by atoms with van der Waals surface area (Å²) in [4.78, 5) is 15.4. The highest BCUT2D eigenvalue weighted by molar-refractivity contribution is 5.90. The van der Waals surface area contributed by atoms with Gasteiger partial charge in [0, 0.05) is 5.92 Å². The summed E-state index contributed by atoms with van der Waals surface area (Å²) in [6, 6.07) is 8.68. The van der Waals surface area contributed by atoms with E-state index in [1.807, 2.05) is 19.9 Å². The van der Waals surface area contributed by atoms with Crippen molar-refractivity contribution in [1.29, 1.82) is 5.26 Å². The lowest BCUT2D eigenvalue weighted by molar-refractivity contribution is 0.0600. The van der Waals surface area contributed by atoms with Gasteiger partial charge in [0.1, 0.15) is 6.07 Å². The molecule has 0 atom stereocenters. The van der Waals surface area contributed by atoms with Crippen LogP contribution in [0.5, 0.6) is 0 Å². The maximum atomic E-state index is 11.3. The standard InChI is InChI=1S/C16H16N4O3/c1-10(2)14-19-13(8-17)15(23-14)20-18-9-11-4-6-12(7-5-11)16(21)22-3/h4-7,9-10,20H,1-3H3. The van der Waals surface area contributed by atoms with E-state index in [0.29, 0.717) is 11.5 Å². The van der Waals surface area contributed by atoms with Crippen LogP contribution in [-0.2, 0) is 4.74 Å². The Labute approximate surface area is 133 Å². The Morgan fingerprint density at radius 2 is 2.13 bits per heavy atom. The van der Waals surface area contributed by atoms with Crippen molar-refractivity contribution in [2.24, 2.45) is 5.10 Å². The van der Waals surface area contributed by atoms with Gasteiger partial charge in [-0.05, 0) is 17.7 Å². The maximum Gasteiger partial charge on any atom is 0.337 e. The Morgan fingerprint density at radius 1 is 1.43 bits per heavy atom. The fourth-order valence-electron chi connectivity index (χ4n) is 1.72. The molecule has 7 heteroatoms. The first-order valence-electron chi connectivity index (χ1n) is 6.93. The highest BCUT2D eigenvalue weighted by Crippen LogP contribution is 2.21. The third-order valence-electron chi connectivity index (χ3n) is 2.96. The van der Waals surface area contributed by atoms with Gasteiger partial charge in [-0.3, -0.25) is 0 Å². The summed E-state index contributed by atoms with van der Waals surface area (Å²) in [6.07, 6.45) is 1.54. The first-order valence-corrected chi connectivity index (χ1v) is 6.93. The van der Waals surface area contributed by atoms with Gasteiger partial charge in [0.05, 0.1) is 18.9 Å². The third-order valence-corrected chi connectivity index (χ3v) is 2.96. The number of nitrogens with zero attached hydrogens (tertiary/aromatic N) is 3. The minimum atomic E-state index is -0.395. The van der Waals surface area contributed by atoms with Crippen molar-refractivity contribution in [3.63, 3.8) is 0 Å². The predicted molar refractivity (Wildman–Crippen MR) is 84.3 cm³/mol. The summed E-state index contributed by atoms with van der Waals surface area (Å²) >= 11 is 0. The summed E-state index contributed by atoms with van der Waals surface area (Å²) < 4.78 is 10.1. The van der Waals surface area contributed by atoms with Crippen LogP contribution >= 0.6 is 0 Å². The molecule has 0 aliphatic rings.